The van der Waals surface area contributed by atoms with Crippen LogP contribution in [-0.2, 0) is 23.9 Å². The maximum Gasteiger partial charge on any atom is 0.407 e. The summed E-state index contributed by atoms with van der Waals surface area (Å²) in [4.78, 5) is 49.5. The van der Waals surface area contributed by atoms with Crippen molar-refractivity contribution >= 4 is 23.8 Å². The molecule has 4 atom stereocenters. The summed E-state index contributed by atoms with van der Waals surface area (Å²) in [6, 6.07) is -0.728. The Labute approximate surface area is 258 Å². The van der Waals surface area contributed by atoms with E-state index in [1.165, 1.54) is 6.08 Å². The minimum Gasteiger partial charge on any atom is -0.458 e. The predicted molar refractivity (Wildman–Crippen MR) is 171 cm³/mol. The van der Waals surface area contributed by atoms with E-state index in [9.17, 15) is 19.2 Å². The second-order valence-corrected chi connectivity index (χ2v) is 12.2. The highest BCUT2D eigenvalue weighted by atomic mass is 16.6. The number of rotatable bonds is 14. The van der Waals surface area contributed by atoms with Crippen LogP contribution in [0.5, 0.6) is 0 Å². The van der Waals surface area contributed by atoms with Gasteiger partial charge in [0.05, 0.1) is 6.04 Å². The van der Waals surface area contributed by atoms with Gasteiger partial charge in [-0.05, 0) is 40.0 Å². The highest BCUT2D eigenvalue weighted by molar-refractivity contribution is 5.94. The van der Waals surface area contributed by atoms with Crippen molar-refractivity contribution in [2.75, 3.05) is 0 Å². The lowest BCUT2D eigenvalue weighted by molar-refractivity contribution is -0.147. The molecule has 1 rings (SSSR count). The molecule has 0 fully saturated rings. The van der Waals surface area contributed by atoms with Crippen LogP contribution in [0.25, 0.3) is 0 Å². The van der Waals surface area contributed by atoms with Gasteiger partial charge in [0, 0.05) is 49.3 Å². The van der Waals surface area contributed by atoms with Crippen molar-refractivity contribution in [3.63, 3.8) is 0 Å². The van der Waals surface area contributed by atoms with Crippen molar-refractivity contribution in [3.05, 3.63) is 59.8 Å². The Morgan fingerprint density at radius 3 is 2.40 bits per heavy atom. The average molecular weight is 595 g/mol. The van der Waals surface area contributed by atoms with Gasteiger partial charge >= 0.3 is 12.1 Å². The first-order chi connectivity index (χ1) is 20.1. The summed E-state index contributed by atoms with van der Waals surface area (Å²) in [5.41, 5.74) is 1.12. The number of hydrogen-bond donors (Lipinski definition) is 2. The summed E-state index contributed by atoms with van der Waals surface area (Å²) in [7, 11) is 0. The minimum absolute atomic E-state index is 0.0400. The van der Waals surface area contributed by atoms with E-state index in [1.54, 1.807) is 32.1 Å². The Bertz CT molecular complexity index is 1190. The van der Waals surface area contributed by atoms with E-state index in [0.717, 1.165) is 5.57 Å². The Morgan fingerprint density at radius 1 is 1.12 bits per heavy atom. The number of nitrogens with one attached hydrogen (secondary N) is 2. The molecule has 1 aliphatic heterocycles. The van der Waals surface area contributed by atoms with Gasteiger partial charge in [0.1, 0.15) is 12.2 Å². The van der Waals surface area contributed by atoms with E-state index in [1.807, 2.05) is 72.8 Å². The van der Waals surface area contributed by atoms with Crippen LogP contribution >= 0.6 is 0 Å². The molecule has 0 spiro atoms. The van der Waals surface area contributed by atoms with Gasteiger partial charge in [-0.3, -0.25) is 9.59 Å². The molecule has 0 aromatic heterocycles. The molecular weight excluding hydrogens is 544 g/mol. The summed E-state index contributed by atoms with van der Waals surface area (Å²) in [6.45, 7) is 16.8. The summed E-state index contributed by atoms with van der Waals surface area (Å²) in [6.07, 6.45) is 14.7. The van der Waals surface area contributed by atoms with Crippen LogP contribution in [0.2, 0.25) is 0 Å². The average Bonchev–Trinajstić information content (AvgIpc) is 2.90. The van der Waals surface area contributed by atoms with Crippen molar-refractivity contribution < 1.29 is 28.7 Å². The molecule has 8 nitrogen and oxygen atoms in total. The molecule has 8 heteroatoms. The molecule has 0 aliphatic carbocycles. The SMILES string of the molecule is CC#CC[C@@H](C/C=C\CC(=O)[C@@H](NC(=O)\C=C/C=C\C(C)=C\[C@H](C)[C@@H]1CC=C(C)C(=O)O1)C(C)(C)C)OC(=O)NC(C)C. The van der Waals surface area contributed by atoms with E-state index < -0.39 is 23.7 Å². The van der Waals surface area contributed by atoms with Crippen molar-refractivity contribution in [1.82, 2.24) is 10.6 Å². The summed E-state index contributed by atoms with van der Waals surface area (Å²) < 4.78 is 10.9. The lowest BCUT2D eigenvalue weighted by Crippen LogP contribution is -2.48. The zero-order chi connectivity index (χ0) is 32.6. The summed E-state index contributed by atoms with van der Waals surface area (Å²) in [5.74, 6) is 5.03. The van der Waals surface area contributed by atoms with Gasteiger partial charge in [0.2, 0.25) is 5.91 Å². The number of allylic oxidation sites excluding steroid dienone is 5. The number of ether oxygens (including phenoxy) is 2. The van der Waals surface area contributed by atoms with E-state index in [0.29, 0.717) is 24.8 Å². The fourth-order valence-electron chi connectivity index (χ4n) is 4.25. The number of carbonyl (C=O) groups excluding carboxylic acids is 4. The number of ketones is 1. The van der Waals surface area contributed by atoms with E-state index in [-0.39, 0.29) is 42.1 Å². The minimum atomic E-state index is -0.688. The quantitative estimate of drug-likeness (QED) is 0.0803. The van der Waals surface area contributed by atoms with Crippen LogP contribution in [0.1, 0.15) is 88.0 Å². The van der Waals surface area contributed by atoms with Crippen molar-refractivity contribution in [3.8, 4) is 11.8 Å². The molecule has 236 valence electrons. The van der Waals surface area contributed by atoms with Crippen molar-refractivity contribution in [1.29, 1.82) is 0 Å². The van der Waals surface area contributed by atoms with Gasteiger partial charge in [-0.1, -0.05) is 81.7 Å². The first-order valence-electron chi connectivity index (χ1n) is 14.9. The number of amides is 2. The first-order valence-corrected chi connectivity index (χ1v) is 14.9. The Balaban J connectivity index is 2.70. The monoisotopic (exact) mass is 594 g/mol. The lowest BCUT2D eigenvalue weighted by atomic mass is 9.83. The van der Waals surface area contributed by atoms with Crippen LogP contribution in [0, 0.1) is 23.2 Å². The van der Waals surface area contributed by atoms with Crippen molar-refractivity contribution in [2.24, 2.45) is 11.3 Å². The van der Waals surface area contributed by atoms with Gasteiger partial charge in [-0.2, -0.15) is 0 Å². The molecule has 0 aromatic carbocycles. The van der Waals surface area contributed by atoms with Gasteiger partial charge in [0.25, 0.3) is 0 Å². The molecule has 43 heavy (non-hydrogen) atoms. The van der Waals surface area contributed by atoms with E-state index in [4.69, 9.17) is 9.47 Å². The molecule has 0 bridgehead atoms. The van der Waals surface area contributed by atoms with Gasteiger partial charge in [-0.15, -0.1) is 5.92 Å². The van der Waals surface area contributed by atoms with Gasteiger partial charge < -0.3 is 20.1 Å². The highest BCUT2D eigenvalue weighted by Crippen LogP contribution is 2.23. The Hall–Kier alpha value is -3.86. The number of cyclic esters (lactones) is 1. The molecule has 1 aliphatic rings. The van der Waals surface area contributed by atoms with Crippen LogP contribution in [0.4, 0.5) is 4.79 Å². The second-order valence-electron chi connectivity index (χ2n) is 12.2. The fourth-order valence-corrected chi connectivity index (χ4v) is 4.25. The van der Waals surface area contributed by atoms with Crippen LogP contribution < -0.4 is 10.6 Å². The molecular formula is C35H50N2O6. The highest BCUT2D eigenvalue weighted by Gasteiger charge is 2.31. The second kappa shape index (κ2) is 18.6. The summed E-state index contributed by atoms with van der Waals surface area (Å²) >= 11 is 0. The molecule has 0 radical (unpaired) electrons. The fraction of sp³-hybridized carbons (Fsp3) is 0.543. The number of carbonyl (C=O) groups is 4. The number of Topliss-reactive ketones (excluding diaryl/α,β-unsaturated/α-hetero) is 1. The van der Waals surface area contributed by atoms with Crippen LogP contribution in [-0.4, -0.2) is 48.0 Å². The predicted octanol–water partition coefficient (Wildman–Crippen LogP) is 6.30. The largest absolute Gasteiger partial charge is 0.458 e. The zero-order valence-electron chi connectivity index (χ0n) is 27.3. The number of alkyl carbamates (subject to hydrolysis) is 1. The smallest absolute Gasteiger partial charge is 0.407 e. The Kier molecular flexibility index (Phi) is 16.1. The maximum absolute atomic E-state index is 13.1. The molecule has 1 heterocycles. The molecule has 0 aromatic rings. The number of esters is 1. The third-order valence-electron chi connectivity index (χ3n) is 6.61. The van der Waals surface area contributed by atoms with Crippen molar-refractivity contribution in [2.45, 2.75) is 112 Å². The lowest BCUT2D eigenvalue weighted by Gasteiger charge is -2.29. The summed E-state index contributed by atoms with van der Waals surface area (Å²) in [5, 5.41) is 5.54. The normalized spacial score (nSPS) is 18.1. The Morgan fingerprint density at radius 2 is 1.79 bits per heavy atom. The third kappa shape index (κ3) is 15.3. The van der Waals surface area contributed by atoms with E-state index in [2.05, 4.69) is 22.5 Å². The topological polar surface area (TPSA) is 111 Å². The molecule has 0 unspecified atom stereocenters. The number of hydrogen-bond acceptors (Lipinski definition) is 6. The van der Waals surface area contributed by atoms with Crippen LogP contribution in [0.15, 0.2) is 59.8 Å². The van der Waals surface area contributed by atoms with Crippen LogP contribution in [0.3, 0.4) is 0 Å². The van der Waals surface area contributed by atoms with Gasteiger partial charge in [-0.25, -0.2) is 9.59 Å². The first kappa shape index (κ1) is 37.2. The van der Waals surface area contributed by atoms with Gasteiger partial charge in [0.15, 0.2) is 5.78 Å². The maximum atomic E-state index is 13.1. The standard InChI is InChI=1S/C35H50N2O6/c1-10-11-17-28(42-34(41)36-24(2)3)18-13-14-19-29(38)32(35(7,8)9)37-31(39)20-15-12-16-25(4)23-27(6)30-22-21-26(5)33(40)43-30/h12-16,20-21,23-24,27-28,30,32H,17-19,22H2,1-9H3,(H,36,41)(H,37,39)/b14-13-,16-12-,20-15-,25-23+/t27-,28-,30-,32+/m0/s1. The molecule has 2 N–H and O–H groups in total. The van der Waals surface area contributed by atoms with E-state index >= 15 is 0 Å². The molecule has 2 amide bonds. The third-order valence-corrected chi connectivity index (χ3v) is 6.61. The zero-order valence-corrected chi connectivity index (χ0v) is 27.3. The molecule has 0 saturated carbocycles. The molecule has 0 saturated heterocycles.